The van der Waals surface area contributed by atoms with Crippen molar-refractivity contribution < 1.29 is 14.3 Å². The van der Waals surface area contributed by atoms with E-state index in [9.17, 15) is 9.18 Å². The smallest absolute Gasteiger partial charge is 0.338 e. The molecule has 3 aromatic rings. The molecule has 0 fully saturated rings. The molecule has 0 amide bonds. The van der Waals surface area contributed by atoms with Gasteiger partial charge in [0, 0.05) is 6.20 Å². The Morgan fingerprint density at radius 3 is 2.90 bits per heavy atom. The van der Waals surface area contributed by atoms with Gasteiger partial charge < -0.3 is 10.1 Å². The maximum absolute atomic E-state index is 13.9. The van der Waals surface area contributed by atoms with Crippen molar-refractivity contribution in [3.8, 4) is 11.4 Å². The normalized spacial score (nSPS) is 10.9. The van der Waals surface area contributed by atoms with Crippen molar-refractivity contribution in [1.82, 2.24) is 15.0 Å². The monoisotopic (exact) mass is 291 g/mol. The molecule has 0 saturated carbocycles. The van der Waals surface area contributed by atoms with Gasteiger partial charge in [-0.3, -0.25) is 0 Å². The number of aromatic carboxylic acids is 1. The molecule has 2 heterocycles. The number of hydrogen-bond acceptors (Lipinski definition) is 3. The maximum Gasteiger partial charge on any atom is 0.338 e. The quantitative estimate of drug-likeness (QED) is 0.760. The lowest BCUT2D eigenvalue weighted by Crippen LogP contribution is -1.97. The average molecular weight is 292 g/mol. The summed E-state index contributed by atoms with van der Waals surface area (Å²) in [5.41, 5.74) is 0.636. The number of hydrogen-bond donors (Lipinski definition) is 2. The predicted molar refractivity (Wildman–Crippen MR) is 71.3 cm³/mol. The first-order valence-electron chi connectivity index (χ1n) is 5.60. The van der Waals surface area contributed by atoms with Crippen LogP contribution in [0.25, 0.3) is 22.6 Å². The molecule has 0 aliphatic rings. The molecule has 20 heavy (non-hydrogen) atoms. The number of pyridine rings is 1. The average Bonchev–Trinajstić information content (AvgIpc) is 2.84. The Morgan fingerprint density at radius 1 is 1.35 bits per heavy atom. The fourth-order valence-corrected chi connectivity index (χ4v) is 2.08. The second-order valence-electron chi connectivity index (χ2n) is 4.05. The summed E-state index contributed by atoms with van der Waals surface area (Å²) in [6.45, 7) is 0. The molecule has 0 atom stereocenters. The Morgan fingerprint density at radius 2 is 2.15 bits per heavy atom. The molecule has 0 unspecified atom stereocenters. The van der Waals surface area contributed by atoms with Gasteiger partial charge in [-0.25, -0.2) is 19.2 Å². The molecule has 0 spiro atoms. The van der Waals surface area contributed by atoms with E-state index < -0.39 is 11.8 Å². The minimum Gasteiger partial charge on any atom is -0.478 e. The van der Waals surface area contributed by atoms with E-state index in [2.05, 4.69) is 15.0 Å². The molecule has 5 nitrogen and oxygen atoms in total. The number of rotatable bonds is 2. The van der Waals surface area contributed by atoms with Crippen LogP contribution in [0.15, 0.2) is 30.5 Å². The van der Waals surface area contributed by atoms with E-state index >= 15 is 0 Å². The molecule has 0 aliphatic carbocycles. The van der Waals surface area contributed by atoms with Gasteiger partial charge in [-0.2, -0.15) is 0 Å². The lowest BCUT2D eigenvalue weighted by Gasteiger charge is -2.00. The number of nitrogens with zero attached hydrogens (tertiary/aromatic N) is 2. The van der Waals surface area contributed by atoms with Crippen LogP contribution in [0.5, 0.6) is 0 Å². The van der Waals surface area contributed by atoms with E-state index in [0.29, 0.717) is 0 Å². The van der Waals surface area contributed by atoms with E-state index in [0.717, 1.165) is 0 Å². The Bertz CT molecular complexity index is 832. The van der Waals surface area contributed by atoms with Crippen LogP contribution >= 0.6 is 11.6 Å². The number of carboxylic acid groups (broad SMARTS) is 1. The lowest BCUT2D eigenvalue weighted by molar-refractivity contribution is 0.0698. The maximum atomic E-state index is 13.9. The van der Waals surface area contributed by atoms with Crippen molar-refractivity contribution in [1.29, 1.82) is 0 Å². The number of imidazole rings is 1. The number of halogens is 2. The second kappa shape index (κ2) is 4.57. The Balaban J connectivity index is 2.26. The van der Waals surface area contributed by atoms with Crippen LogP contribution in [0.1, 0.15) is 10.4 Å². The summed E-state index contributed by atoms with van der Waals surface area (Å²) in [5, 5.41) is 9.06. The standard InChI is InChI=1S/C13H7ClFN3O2/c14-8-3-1-2-6(9(8)15)11-17-10-7(13(19)20)4-5-16-12(10)18-11/h1-5H,(H,19,20)(H,16,17,18). The summed E-state index contributed by atoms with van der Waals surface area (Å²) in [4.78, 5) is 21.9. The molecule has 7 heteroatoms. The fraction of sp³-hybridized carbons (Fsp3) is 0. The number of aromatic amines is 1. The van der Waals surface area contributed by atoms with Crippen LogP contribution in [0, 0.1) is 5.82 Å². The van der Waals surface area contributed by atoms with Crippen molar-refractivity contribution in [3.63, 3.8) is 0 Å². The van der Waals surface area contributed by atoms with Gasteiger partial charge in [-0.15, -0.1) is 0 Å². The Kier molecular flexibility index (Phi) is 2.87. The van der Waals surface area contributed by atoms with Crippen molar-refractivity contribution >= 4 is 28.7 Å². The molecule has 0 aliphatic heterocycles. The minimum atomic E-state index is -1.11. The van der Waals surface area contributed by atoms with Crippen LogP contribution < -0.4 is 0 Å². The van der Waals surface area contributed by atoms with Crippen molar-refractivity contribution in [3.05, 3.63) is 46.9 Å². The molecule has 3 rings (SSSR count). The van der Waals surface area contributed by atoms with Gasteiger partial charge in [0.15, 0.2) is 11.5 Å². The third-order valence-electron chi connectivity index (χ3n) is 2.83. The Hall–Kier alpha value is -2.47. The number of aromatic nitrogens is 3. The third kappa shape index (κ3) is 1.90. The SMILES string of the molecule is O=C(O)c1ccnc2nc(-c3cccc(Cl)c3F)[nH]c12. The number of fused-ring (bicyclic) bond motifs is 1. The van der Waals surface area contributed by atoms with Gasteiger partial charge in [0.25, 0.3) is 0 Å². The van der Waals surface area contributed by atoms with E-state index in [-0.39, 0.29) is 33.1 Å². The van der Waals surface area contributed by atoms with Crippen LogP contribution in [0.3, 0.4) is 0 Å². The van der Waals surface area contributed by atoms with Crippen LogP contribution in [-0.4, -0.2) is 26.0 Å². The molecule has 0 bridgehead atoms. The zero-order valence-electron chi connectivity index (χ0n) is 9.89. The first kappa shape index (κ1) is 12.6. The highest BCUT2D eigenvalue weighted by molar-refractivity contribution is 6.31. The third-order valence-corrected chi connectivity index (χ3v) is 3.12. The van der Waals surface area contributed by atoms with Crippen LogP contribution in [0.2, 0.25) is 5.02 Å². The summed E-state index contributed by atoms with van der Waals surface area (Å²) < 4.78 is 13.9. The summed E-state index contributed by atoms with van der Waals surface area (Å²) in [5.74, 6) is -1.55. The molecule has 2 aromatic heterocycles. The van der Waals surface area contributed by atoms with E-state index in [1.165, 1.54) is 24.4 Å². The Labute approximate surface area is 117 Å². The topological polar surface area (TPSA) is 78.9 Å². The van der Waals surface area contributed by atoms with Crippen molar-refractivity contribution in [2.24, 2.45) is 0 Å². The molecule has 2 N–H and O–H groups in total. The first-order chi connectivity index (χ1) is 9.58. The highest BCUT2D eigenvalue weighted by Gasteiger charge is 2.16. The summed E-state index contributed by atoms with van der Waals surface area (Å²) >= 11 is 5.72. The lowest BCUT2D eigenvalue weighted by atomic mass is 10.2. The molecule has 0 saturated heterocycles. The number of carbonyl (C=O) groups is 1. The van der Waals surface area contributed by atoms with Gasteiger partial charge in [0.05, 0.1) is 21.7 Å². The zero-order chi connectivity index (χ0) is 14.3. The van der Waals surface area contributed by atoms with Gasteiger partial charge in [-0.05, 0) is 18.2 Å². The van der Waals surface area contributed by atoms with E-state index in [1.807, 2.05) is 0 Å². The van der Waals surface area contributed by atoms with Crippen LogP contribution in [0.4, 0.5) is 4.39 Å². The fourth-order valence-electron chi connectivity index (χ4n) is 1.90. The molecular weight excluding hydrogens is 285 g/mol. The van der Waals surface area contributed by atoms with E-state index in [4.69, 9.17) is 16.7 Å². The highest BCUT2D eigenvalue weighted by atomic mass is 35.5. The zero-order valence-corrected chi connectivity index (χ0v) is 10.6. The summed E-state index contributed by atoms with van der Waals surface area (Å²) in [6.07, 6.45) is 1.34. The molecule has 0 radical (unpaired) electrons. The molecule has 1 aromatic carbocycles. The minimum absolute atomic E-state index is 0.0242. The molecule has 100 valence electrons. The number of nitrogens with one attached hydrogen (secondary N) is 1. The van der Waals surface area contributed by atoms with Crippen molar-refractivity contribution in [2.45, 2.75) is 0 Å². The van der Waals surface area contributed by atoms with Gasteiger partial charge in [-0.1, -0.05) is 17.7 Å². The van der Waals surface area contributed by atoms with Crippen molar-refractivity contribution in [2.75, 3.05) is 0 Å². The summed E-state index contributed by atoms with van der Waals surface area (Å²) in [7, 11) is 0. The number of H-pyrrole nitrogens is 1. The number of carboxylic acids is 1. The van der Waals surface area contributed by atoms with Gasteiger partial charge in [0.2, 0.25) is 0 Å². The van der Waals surface area contributed by atoms with Gasteiger partial charge >= 0.3 is 5.97 Å². The second-order valence-corrected chi connectivity index (χ2v) is 4.46. The number of benzene rings is 1. The predicted octanol–water partition coefficient (Wildman–Crippen LogP) is 3.12. The first-order valence-corrected chi connectivity index (χ1v) is 5.98. The van der Waals surface area contributed by atoms with Gasteiger partial charge in [0.1, 0.15) is 5.82 Å². The largest absolute Gasteiger partial charge is 0.478 e. The summed E-state index contributed by atoms with van der Waals surface area (Å²) in [6, 6.07) is 5.85. The highest BCUT2D eigenvalue weighted by Crippen LogP contribution is 2.27. The molecular formula is C13H7ClFN3O2. The van der Waals surface area contributed by atoms with E-state index in [1.54, 1.807) is 6.07 Å². The van der Waals surface area contributed by atoms with Crippen LogP contribution in [-0.2, 0) is 0 Å².